The van der Waals surface area contributed by atoms with Crippen molar-refractivity contribution in [2.24, 2.45) is 34.5 Å². The Morgan fingerprint density at radius 3 is 2.57 bits per heavy atom. The predicted octanol–water partition coefficient (Wildman–Crippen LogP) is 3.32. The summed E-state index contributed by atoms with van der Waals surface area (Å²) in [7, 11) is 0. The zero-order chi connectivity index (χ0) is 16.5. The molecule has 3 nitrogen and oxygen atoms in total. The van der Waals surface area contributed by atoms with Crippen molar-refractivity contribution >= 4 is 5.78 Å². The largest absolute Gasteiger partial charge is 0.396 e. The van der Waals surface area contributed by atoms with Crippen LogP contribution < -0.4 is 0 Å². The Bertz CT molecular complexity index is 513. The number of ketones is 1. The van der Waals surface area contributed by atoms with Gasteiger partial charge in [0.25, 0.3) is 0 Å². The standard InChI is InChI=1S/C20H32O3/c1-18(23)9-10-20(12-21)13(11-18)3-4-14-15-5-6-17(22)19(15,2)8-7-16(14)20/h13-16,21,23H,3-12H2,1-2H3/t13-,14-,15-,16-,18+,19-,20+/m0/s1. The molecule has 130 valence electrons. The maximum absolute atomic E-state index is 12.4. The Kier molecular flexibility index (Phi) is 3.53. The minimum Gasteiger partial charge on any atom is -0.396 e. The predicted molar refractivity (Wildman–Crippen MR) is 88.8 cm³/mol. The number of hydrogen-bond donors (Lipinski definition) is 2. The number of aliphatic hydroxyl groups excluding tert-OH is 1. The molecule has 0 heterocycles. The fraction of sp³-hybridized carbons (Fsp3) is 0.950. The third-order valence-electron chi connectivity index (χ3n) is 8.66. The smallest absolute Gasteiger partial charge is 0.139 e. The first kappa shape index (κ1) is 16.1. The van der Waals surface area contributed by atoms with Crippen molar-refractivity contribution < 1.29 is 15.0 Å². The molecule has 0 unspecified atom stereocenters. The van der Waals surface area contributed by atoms with Crippen molar-refractivity contribution in [2.75, 3.05) is 6.61 Å². The van der Waals surface area contributed by atoms with Crippen LogP contribution in [0.2, 0.25) is 0 Å². The summed E-state index contributed by atoms with van der Waals surface area (Å²) in [4.78, 5) is 12.4. The molecule has 23 heavy (non-hydrogen) atoms. The van der Waals surface area contributed by atoms with Gasteiger partial charge in [0.05, 0.1) is 5.60 Å². The van der Waals surface area contributed by atoms with E-state index in [0.29, 0.717) is 29.5 Å². The Morgan fingerprint density at radius 1 is 1.04 bits per heavy atom. The minimum absolute atomic E-state index is 0.0120. The number of carbonyl (C=O) groups is 1. The number of carbonyl (C=O) groups excluding carboxylic acids is 1. The van der Waals surface area contributed by atoms with Crippen LogP contribution in [0, 0.1) is 34.5 Å². The number of rotatable bonds is 1. The quantitative estimate of drug-likeness (QED) is 0.779. The van der Waals surface area contributed by atoms with Crippen molar-refractivity contribution in [1.82, 2.24) is 0 Å². The summed E-state index contributed by atoms with van der Waals surface area (Å²) in [5, 5.41) is 20.9. The lowest BCUT2D eigenvalue weighted by atomic mass is 9.44. The van der Waals surface area contributed by atoms with Gasteiger partial charge in [0, 0.05) is 18.4 Å². The van der Waals surface area contributed by atoms with Gasteiger partial charge in [-0.15, -0.1) is 0 Å². The van der Waals surface area contributed by atoms with E-state index < -0.39 is 5.60 Å². The molecule has 0 bridgehead atoms. The number of Topliss-reactive ketones (excluding diaryl/α,β-unsaturated/α-hetero) is 1. The molecule has 4 aliphatic carbocycles. The average molecular weight is 320 g/mol. The Morgan fingerprint density at radius 2 is 1.83 bits per heavy atom. The van der Waals surface area contributed by atoms with Gasteiger partial charge in [0.1, 0.15) is 5.78 Å². The molecule has 4 aliphatic rings. The lowest BCUT2D eigenvalue weighted by Gasteiger charge is -2.61. The highest BCUT2D eigenvalue weighted by molar-refractivity contribution is 5.87. The first-order valence-electron chi connectivity index (χ1n) is 9.69. The van der Waals surface area contributed by atoms with Gasteiger partial charge in [-0.25, -0.2) is 0 Å². The summed E-state index contributed by atoms with van der Waals surface area (Å²) in [6.07, 6.45) is 8.89. The molecule has 0 amide bonds. The fourth-order valence-corrected chi connectivity index (χ4v) is 7.31. The summed E-state index contributed by atoms with van der Waals surface area (Å²) in [6, 6.07) is 0. The van der Waals surface area contributed by atoms with Gasteiger partial charge in [-0.2, -0.15) is 0 Å². The highest BCUT2D eigenvalue weighted by Crippen LogP contribution is 2.66. The van der Waals surface area contributed by atoms with Crippen LogP contribution in [-0.2, 0) is 4.79 Å². The van der Waals surface area contributed by atoms with E-state index in [1.54, 1.807) is 0 Å². The van der Waals surface area contributed by atoms with E-state index in [4.69, 9.17) is 0 Å². The van der Waals surface area contributed by atoms with Crippen LogP contribution >= 0.6 is 0 Å². The van der Waals surface area contributed by atoms with Crippen LogP contribution in [0.15, 0.2) is 0 Å². The van der Waals surface area contributed by atoms with E-state index in [1.165, 1.54) is 6.42 Å². The maximum Gasteiger partial charge on any atom is 0.139 e. The van der Waals surface area contributed by atoms with Crippen LogP contribution in [0.25, 0.3) is 0 Å². The van der Waals surface area contributed by atoms with Gasteiger partial charge < -0.3 is 10.2 Å². The molecular formula is C20H32O3. The van der Waals surface area contributed by atoms with Gasteiger partial charge in [0.15, 0.2) is 0 Å². The van der Waals surface area contributed by atoms with Crippen molar-refractivity contribution in [3.63, 3.8) is 0 Å². The van der Waals surface area contributed by atoms with Crippen LogP contribution in [0.4, 0.5) is 0 Å². The monoisotopic (exact) mass is 320 g/mol. The maximum atomic E-state index is 12.4. The minimum atomic E-state index is -0.553. The van der Waals surface area contributed by atoms with Gasteiger partial charge >= 0.3 is 0 Å². The molecule has 2 N–H and O–H groups in total. The molecule has 0 aromatic carbocycles. The van der Waals surface area contributed by atoms with Crippen LogP contribution in [0.3, 0.4) is 0 Å². The molecule has 4 rings (SSSR count). The van der Waals surface area contributed by atoms with Gasteiger partial charge in [-0.05, 0) is 87.4 Å². The molecular weight excluding hydrogens is 288 g/mol. The van der Waals surface area contributed by atoms with E-state index in [2.05, 4.69) is 6.92 Å². The summed E-state index contributed by atoms with van der Waals surface area (Å²) >= 11 is 0. The van der Waals surface area contributed by atoms with Crippen LogP contribution in [0.5, 0.6) is 0 Å². The van der Waals surface area contributed by atoms with Crippen LogP contribution in [-0.4, -0.2) is 28.2 Å². The normalized spacial score (nSPS) is 55.9. The molecule has 0 aromatic rings. The molecule has 4 fully saturated rings. The lowest BCUT2D eigenvalue weighted by Crippen LogP contribution is -2.58. The van der Waals surface area contributed by atoms with E-state index in [9.17, 15) is 15.0 Å². The highest BCUT2D eigenvalue weighted by Gasteiger charge is 2.62. The van der Waals surface area contributed by atoms with Gasteiger partial charge in [-0.3, -0.25) is 4.79 Å². The topological polar surface area (TPSA) is 57.5 Å². The first-order valence-corrected chi connectivity index (χ1v) is 9.69. The van der Waals surface area contributed by atoms with E-state index in [1.807, 2.05) is 6.92 Å². The Labute approximate surface area is 139 Å². The Balaban J connectivity index is 1.66. The second-order valence-electron chi connectivity index (χ2n) is 9.66. The third-order valence-corrected chi connectivity index (χ3v) is 8.66. The van der Waals surface area contributed by atoms with Crippen molar-refractivity contribution in [1.29, 1.82) is 0 Å². The number of aliphatic hydroxyl groups is 2. The van der Waals surface area contributed by atoms with Crippen LogP contribution in [0.1, 0.15) is 71.6 Å². The summed E-state index contributed by atoms with van der Waals surface area (Å²) < 4.78 is 0. The molecule has 0 radical (unpaired) electrons. The van der Waals surface area contributed by atoms with E-state index in [0.717, 1.165) is 51.4 Å². The molecule has 0 spiro atoms. The van der Waals surface area contributed by atoms with Crippen molar-refractivity contribution in [3.05, 3.63) is 0 Å². The number of fused-ring (bicyclic) bond motifs is 5. The highest BCUT2D eigenvalue weighted by atomic mass is 16.3. The molecule has 0 saturated heterocycles. The Hall–Kier alpha value is -0.410. The lowest BCUT2D eigenvalue weighted by molar-refractivity contribution is -0.169. The zero-order valence-electron chi connectivity index (χ0n) is 14.7. The molecule has 3 heteroatoms. The van der Waals surface area contributed by atoms with E-state index in [-0.39, 0.29) is 17.4 Å². The SMILES string of the molecule is C[C@@]1(O)CC[C@@]2(CO)[C@@H](CC[C@@H]3[C@@H]2CC[C@]2(C)C(=O)CC[C@@H]32)C1. The first-order chi connectivity index (χ1) is 10.8. The fourth-order valence-electron chi connectivity index (χ4n) is 7.31. The average Bonchev–Trinajstić information content (AvgIpc) is 2.82. The van der Waals surface area contributed by atoms with Gasteiger partial charge in [-0.1, -0.05) is 6.92 Å². The van der Waals surface area contributed by atoms with Gasteiger partial charge in [0.2, 0.25) is 0 Å². The molecule has 0 aromatic heterocycles. The molecule has 7 atom stereocenters. The number of hydrogen-bond acceptors (Lipinski definition) is 3. The molecule has 0 aliphatic heterocycles. The summed E-state index contributed by atoms with van der Waals surface area (Å²) in [6.45, 7) is 4.45. The van der Waals surface area contributed by atoms with Crippen molar-refractivity contribution in [2.45, 2.75) is 77.2 Å². The summed E-state index contributed by atoms with van der Waals surface area (Å²) in [5.41, 5.74) is -0.619. The zero-order valence-corrected chi connectivity index (χ0v) is 14.7. The molecule has 4 saturated carbocycles. The summed E-state index contributed by atoms with van der Waals surface area (Å²) in [5.74, 6) is 2.67. The van der Waals surface area contributed by atoms with E-state index >= 15 is 0 Å². The third kappa shape index (κ3) is 2.12. The second kappa shape index (κ2) is 5.05. The second-order valence-corrected chi connectivity index (χ2v) is 9.66. The van der Waals surface area contributed by atoms with Crippen molar-refractivity contribution in [3.8, 4) is 0 Å².